The van der Waals surface area contributed by atoms with Gasteiger partial charge in [0.15, 0.2) is 0 Å². The standard InChI is InChI=1S/C83H48N4O4/c1-86-69-42-37-52(55-40-41-62(58-18-5-4-17-57(55)58)77-79-63(59-19-6-12-26-72(59)89-79)45-64-60-20-7-13-27-73(60)90-80(64)77)44-68(69)85-82(86)50-32-30-48(31-33-50)56-22-14-28-74-76(56)66-46-65-61-21-8-11-25-71(61)88-78(65)75(81(66)91-74)49-35-38-54(39-36-49)87-70-24-10-9-23-67(70)84-83(87)53-34-29-47-15-2-3-16-51(47)43-53/h2-46H,1H3. The number of furan rings is 4. The quantitative estimate of drug-likeness (QED) is 0.158. The summed E-state index contributed by atoms with van der Waals surface area (Å²) in [5, 5.41) is 13.1. The fourth-order valence-electron chi connectivity index (χ4n) is 14.7. The molecule has 6 aromatic heterocycles. The summed E-state index contributed by atoms with van der Waals surface area (Å²) in [5.74, 6) is 1.77. The first-order valence-electron chi connectivity index (χ1n) is 30.7. The number of hydrogen-bond donors (Lipinski definition) is 0. The fraction of sp³-hybridized carbons (Fsp3) is 0.0120. The molecule has 14 aromatic carbocycles. The van der Waals surface area contributed by atoms with Crippen LogP contribution in [0.1, 0.15) is 0 Å². The van der Waals surface area contributed by atoms with Gasteiger partial charge in [-0.15, -0.1) is 0 Å². The Labute approximate surface area is 518 Å². The Kier molecular flexibility index (Phi) is 10.3. The number of rotatable bonds is 7. The third kappa shape index (κ3) is 7.33. The van der Waals surface area contributed by atoms with Gasteiger partial charge in [-0.05, 0) is 134 Å². The molecule has 0 atom stereocenters. The molecule has 0 bridgehead atoms. The summed E-state index contributed by atoms with van der Waals surface area (Å²) < 4.78 is 31.9. The van der Waals surface area contributed by atoms with E-state index in [2.05, 4.69) is 247 Å². The van der Waals surface area contributed by atoms with Gasteiger partial charge in [-0.25, -0.2) is 9.97 Å². The zero-order valence-electron chi connectivity index (χ0n) is 48.9. The number of benzene rings is 14. The lowest BCUT2D eigenvalue weighted by atomic mass is 9.90. The molecule has 0 spiro atoms. The smallest absolute Gasteiger partial charge is 0.147 e. The average Bonchev–Trinajstić information content (AvgIpc) is 1.63. The Bertz CT molecular complexity index is 6380. The normalized spacial score (nSPS) is 12.2. The Morgan fingerprint density at radius 2 is 0.802 bits per heavy atom. The van der Waals surface area contributed by atoms with E-state index in [-0.39, 0.29) is 0 Å². The largest absolute Gasteiger partial charge is 0.455 e. The summed E-state index contributed by atoms with van der Waals surface area (Å²) in [5.41, 5.74) is 21.8. The van der Waals surface area contributed by atoms with E-state index in [4.69, 9.17) is 27.6 Å². The number of aromatic nitrogens is 4. The highest BCUT2D eigenvalue weighted by molar-refractivity contribution is 6.26. The van der Waals surface area contributed by atoms with Gasteiger partial charge >= 0.3 is 0 Å². The van der Waals surface area contributed by atoms with Gasteiger partial charge in [0.2, 0.25) is 0 Å². The topological polar surface area (TPSA) is 88.2 Å². The van der Waals surface area contributed by atoms with Crippen LogP contribution in [-0.4, -0.2) is 19.1 Å². The molecule has 6 heterocycles. The first-order chi connectivity index (χ1) is 45.0. The van der Waals surface area contributed by atoms with Crippen molar-refractivity contribution in [3.63, 3.8) is 0 Å². The molecule has 424 valence electrons. The molecule has 8 heteroatoms. The average molecular weight is 1170 g/mol. The molecule has 91 heavy (non-hydrogen) atoms. The van der Waals surface area contributed by atoms with E-state index in [1.165, 1.54) is 10.8 Å². The van der Waals surface area contributed by atoms with Crippen LogP contribution in [0.2, 0.25) is 0 Å². The Morgan fingerprint density at radius 3 is 1.52 bits per heavy atom. The van der Waals surface area contributed by atoms with Gasteiger partial charge in [-0.2, -0.15) is 0 Å². The first kappa shape index (κ1) is 49.8. The molecule has 0 saturated carbocycles. The van der Waals surface area contributed by atoms with E-state index in [9.17, 15) is 0 Å². The monoisotopic (exact) mass is 1160 g/mol. The zero-order valence-corrected chi connectivity index (χ0v) is 48.9. The van der Waals surface area contributed by atoms with Crippen molar-refractivity contribution in [1.82, 2.24) is 19.1 Å². The third-order valence-electron chi connectivity index (χ3n) is 19.0. The molecule has 0 aliphatic carbocycles. The zero-order chi connectivity index (χ0) is 59.6. The lowest BCUT2D eigenvalue weighted by molar-refractivity contribution is 0.657. The van der Waals surface area contributed by atoms with Crippen LogP contribution in [0.5, 0.6) is 0 Å². The molecule has 0 saturated heterocycles. The molecule has 0 aliphatic rings. The van der Waals surface area contributed by atoms with Crippen molar-refractivity contribution in [3.8, 4) is 73.0 Å². The second-order valence-corrected chi connectivity index (χ2v) is 23.9. The minimum absolute atomic E-state index is 0.774. The lowest BCUT2D eigenvalue weighted by Gasteiger charge is -2.13. The SMILES string of the molecule is Cn1c(-c2ccc(-c3cccc4oc5c(-c6ccc(-n7c(-c8ccc9ccccc9c8)nc8ccccc87)cc6)c6oc7ccccc7c6cc5c34)cc2)nc2cc(-c3ccc(-c4c5oc6ccccc6c5cc5c4oc4ccccc45)c4ccccc34)ccc21. The van der Waals surface area contributed by atoms with Gasteiger partial charge in [0.05, 0.1) is 33.2 Å². The predicted octanol–water partition coefficient (Wildman–Crippen LogP) is 22.8. The van der Waals surface area contributed by atoms with Crippen molar-refractivity contribution < 1.29 is 17.7 Å². The van der Waals surface area contributed by atoms with Gasteiger partial charge in [-0.1, -0.05) is 194 Å². The second-order valence-electron chi connectivity index (χ2n) is 23.9. The van der Waals surface area contributed by atoms with Gasteiger partial charge in [0.25, 0.3) is 0 Å². The van der Waals surface area contributed by atoms with Crippen molar-refractivity contribution in [2.24, 2.45) is 7.05 Å². The van der Waals surface area contributed by atoms with E-state index in [1.807, 2.05) is 42.5 Å². The maximum absolute atomic E-state index is 7.07. The minimum atomic E-state index is 0.774. The number of imidazole rings is 2. The fourth-order valence-corrected chi connectivity index (χ4v) is 14.7. The molecular weight excluding hydrogens is 1120 g/mol. The molecule has 0 aliphatic heterocycles. The lowest BCUT2D eigenvalue weighted by Crippen LogP contribution is -1.97. The maximum Gasteiger partial charge on any atom is 0.147 e. The van der Waals surface area contributed by atoms with Gasteiger partial charge in [0, 0.05) is 67.0 Å². The van der Waals surface area contributed by atoms with Crippen LogP contribution in [0.4, 0.5) is 0 Å². The van der Waals surface area contributed by atoms with Crippen molar-refractivity contribution in [2.45, 2.75) is 0 Å². The van der Waals surface area contributed by atoms with Gasteiger partial charge in [0.1, 0.15) is 56.3 Å². The summed E-state index contributed by atoms with van der Waals surface area (Å²) in [6.07, 6.45) is 0. The van der Waals surface area contributed by atoms with Gasteiger partial charge in [-0.3, -0.25) is 4.57 Å². The van der Waals surface area contributed by atoms with E-state index >= 15 is 0 Å². The van der Waals surface area contributed by atoms with E-state index < -0.39 is 0 Å². The maximum atomic E-state index is 7.07. The highest BCUT2D eigenvalue weighted by atomic mass is 16.4. The van der Waals surface area contributed by atoms with E-state index in [0.29, 0.717) is 0 Å². The predicted molar refractivity (Wildman–Crippen MR) is 372 cm³/mol. The highest BCUT2D eigenvalue weighted by Gasteiger charge is 2.26. The van der Waals surface area contributed by atoms with Crippen LogP contribution in [0.25, 0.3) is 204 Å². The van der Waals surface area contributed by atoms with Crippen molar-refractivity contribution >= 4 is 131 Å². The summed E-state index contributed by atoms with van der Waals surface area (Å²) >= 11 is 0. The van der Waals surface area contributed by atoms with Crippen molar-refractivity contribution in [3.05, 3.63) is 273 Å². The summed E-state index contributed by atoms with van der Waals surface area (Å²) in [4.78, 5) is 10.6. The van der Waals surface area contributed by atoms with Crippen molar-refractivity contribution in [2.75, 3.05) is 0 Å². The number of para-hydroxylation sites is 5. The minimum Gasteiger partial charge on any atom is -0.455 e. The molecule has 0 fully saturated rings. The molecule has 8 nitrogen and oxygen atoms in total. The molecule has 0 unspecified atom stereocenters. The van der Waals surface area contributed by atoms with Crippen molar-refractivity contribution in [1.29, 1.82) is 0 Å². The second kappa shape index (κ2) is 18.9. The van der Waals surface area contributed by atoms with Gasteiger partial charge < -0.3 is 22.2 Å². The van der Waals surface area contributed by atoms with Crippen LogP contribution in [0.15, 0.2) is 291 Å². The summed E-state index contributed by atoms with van der Waals surface area (Å²) in [6, 6.07) is 96.5. The van der Waals surface area contributed by atoms with Crippen LogP contribution >= 0.6 is 0 Å². The molecule has 20 rings (SSSR count). The Hall–Kier alpha value is -12.3. The Morgan fingerprint density at radius 1 is 0.286 bits per heavy atom. The highest BCUT2D eigenvalue weighted by Crippen LogP contribution is 2.50. The molecule has 0 amide bonds. The number of nitrogens with zero attached hydrogens (tertiary/aromatic N) is 4. The third-order valence-corrected chi connectivity index (χ3v) is 19.0. The summed E-state index contributed by atoms with van der Waals surface area (Å²) in [6.45, 7) is 0. The molecular formula is C83H48N4O4. The summed E-state index contributed by atoms with van der Waals surface area (Å²) in [7, 11) is 2.10. The molecule has 20 aromatic rings. The van der Waals surface area contributed by atoms with Crippen LogP contribution in [0.3, 0.4) is 0 Å². The number of fused-ring (bicyclic) bond motifs is 16. The number of hydrogen-bond acceptors (Lipinski definition) is 6. The van der Waals surface area contributed by atoms with Crippen LogP contribution in [-0.2, 0) is 7.05 Å². The first-order valence-corrected chi connectivity index (χ1v) is 30.7. The van der Waals surface area contributed by atoms with E-state index in [0.717, 1.165) is 194 Å². The molecule has 0 radical (unpaired) electrons. The van der Waals surface area contributed by atoms with E-state index in [1.54, 1.807) is 0 Å². The Balaban J connectivity index is 0.672. The van der Waals surface area contributed by atoms with Crippen LogP contribution < -0.4 is 0 Å². The van der Waals surface area contributed by atoms with Crippen LogP contribution in [0, 0.1) is 0 Å². The molecule has 0 N–H and O–H groups in total. The number of aryl methyl sites for hydroxylation is 1.